The molecule has 0 aliphatic carbocycles. The van der Waals surface area contributed by atoms with Gasteiger partial charge in [-0.2, -0.15) is 0 Å². The second-order valence-electron chi connectivity index (χ2n) is 5.42. The highest BCUT2D eigenvalue weighted by atomic mass is 32.1. The summed E-state index contributed by atoms with van der Waals surface area (Å²) in [6, 6.07) is 3.92. The molecule has 0 aromatic carbocycles. The van der Waals surface area contributed by atoms with Gasteiger partial charge in [0.1, 0.15) is 5.82 Å². The van der Waals surface area contributed by atoms with Gasteiger partial charge in [-0.25, -0.2) is 4.98 Å². The second-order valence-corrected chi connectivity index (χ2v) is 6.37. The van der Waals surface area contributed by atoms with Crippen LogP contribution in [-0.4, -0.2) is 59.2 Å². The normalized spacial score (nSPS) is 24.4. The summed E-state index contributed by atoms with van der Waals surface area (Å²) in [4.78, 5) is 25.9. The summed E-state index contributed by atoms with van der Waals surface area (Å²) in [6.45, 7) is 2.73. The summed E-state index contributed by atoms with van der Waals surface area (Å²) in [7, 11) is 0. The third kappa shape index (κ3) is 2.36. The number of fused-ring (bicyclic) bond motifs is 1. The van der Waals surface area contributed by atoms with Gasteiger partial charge in [0.2, 0.25) is 0 Å². The number of thiophene rings is 1. The van der Waals surface area contributed by atoms with E-state index < -0.39 is 0 Å². The van der Waals surface area contributed by atoms with E-state index in [1.807, 2.05) is 22.4 Å². The number of anilines is 1. The Kier molecular flexibility index (Phi) is 3.51. The molecule has 0 radical (unpaired) electrons. The zero-order chi connectivity index (χ0) is 14.9. The molecule has 0 N–H and O–H groups in total. The minimum Gasteiger partial charge on any atom is -0.372 e. The third-order valence-electron chi connectivity index (χ3n) is 4.16. The Balaban J connectivity index is 1.55. The van der Waals surface area contributed by atoms with Crippen LogP contribution in [0, 0.1) is 0 Å². The van der Waals surface area contributed by atoms with Gasteiger partial charge in [-0.1, -0.05) is 6.07 Å². The van der Waals surface area contributed by atoms with Crippen LogP contribution >= 0.6 is 11.3 Å². The van der Waals surface area contributed by atoms with E-state index in [-0.39, 0.29) is 18.1 Å². The number of morpholine rings is 1. The van der Waals surface area contributed by atoms with E-state index in [1.165, 1.54) is 11.3 Å². The zero-order valence-electron chi connectivity index (χ0n) is 12.0. The molecule has 4 heterocycles. The second kappa shape index (κ2) is 5.66. The van der Waals surface area contributed by atoms with Crippen molar-refractivity contribution in [2.24, 2.45) is 0 Å². The van der Waals surface area contributed by atoms with Crippen LogP contribution in [-0.2, 0) is 4.74 Å². The molecule has 0 spiro atoms. The molecule has 0 bridgehead atoms. The van der Waals surface area contributed by atoms with Crippen LogP contribution in [0.1, 0.15) is 9.67 Å². The van der Waals surface area contributed by atoms with Gasteiger partial charge in [0.05, 0.1) is 29.8 Å². The summed E-state index contributed by atoms with van der Waals surface area (Å²) in [5.74, 6) is 0.943. The molecule has 0 unspecified atom stereocenters. The van der Waals surface area contributed by atoms with Crippen molar-refractivity contribution in [3.63, 3.8) is 0 Å². The Morgan fingerprint density at radius 2 is 2.32 bits per heavy atom. The zero-order valence-corrected chi connectivity index (χ0v) is 12.8. The lowest BCUT2D eigenvalue weighted by atomic mass is 10.1. The van der Waals surface area contributed by atoms with Crippen LogP contribution < -0.4 is 4.90 Å². The number of carbonyl (C=O) groups is 1. The summed E-state index contributed by atoms with van der Waals surface area (Å²) in [5.41, 5.74) is 0. The van der Waals surface area contributed by atoms with Crippen LogP contribution in [0.3, 0.4) is 0 Å². The van der Waals surface area contributed by atoms with E-state index >= 15 is 0 Å². The fourth-order valence-corrected chi connectivity index (χ4v) is 3.82. The fraction of sp³-hybridized carbons (Fsp3) is 0.400. The van der Waals surface area contributed by atoms with Gasteiger partial charge in [0.15, 0.2) is 0 Å². The first-order valence-corrected chi connectivity index (χ1v) is 8.18. The van der Waals surface area contributed by atoms with Gasteiger partial charge < -0.3 is 14.5 Å². The highest BCUT2D eigenvalue weighted by Gasteiger charge is 2.42. The summed E-state index contributed by atoms with van der Waals surface area (Å²) < 4.78 is 5.87. The van der Waals surface area contributed by atoms with Crippen molar-refractivity contribution in [3.8, 4) is 0 Å². The highest BCUT2D eigenvalue weighted by Crippen LogP contribution is 2.27. The number of hydrogen-bond donors (Lipinski definition) is 0. The molecular formula is C15H16N4O2S. The Bertz CT molecular complexity index is 649. The number of aromatic nitrogens is 2. The number of likely N-dealkylation sites (tertiary alicyclic amines) is 1. The minimum atomic E-state index is 0.0414. The average Bonchev–Trinajstić information content (AvgIpc) is 3.24. The Morgan fingerprint density at radius 1 is 1.36 bits per heavy atom. The fourth-order valence-electron chi connectivity index (χ4n) is 3.13. The van der Waals surface area contributed by atoms with Crippen LogP contribution in [0.2, 0.25) is 0 Å². The van der Waals surface area contributed by atoms with Crippen LogP contribution in [0.4, 0.5) is 5.82 Å². The largest absolute Gasteiger partial charge is 0.372 e. The molecule has 7 heteroatoms. The molecule has 2 saturated heterocycles. The van der Waals surface area contributed by atoms with Gasteiger partial charge in [-0.3, -0.25) is 9.78 Å². The lowest BCUT2D eigenvalue weighted by molar-refractivity contribution is 0.0299. The molecule has 2 aromatic heterocycles. The molecule has 4 rings (SSSR count). The van der Waals surface area contributed by atoms with Crippen molar-refractivity contribution in [2.45, 2.75) is 12.1 Å². The standard InChI is InChI=1S/C15H16N4O2S/c20-15(13-2-1-7-22-13)18-9-11-12(10-18)21-6-5-19(11)14-8-16-3-4-17-14/h1-4,7-8,11-12H,5-6,9-10H2/t11-,12+/m1/s1. The number of amides is 1. The van der Waals surface area contributed by atoms with Crippen molar-refractivity contribution in [3.05, 3.63) is 41.0 Å². The maximum atomic E-state index is 12.5. The molecule has 6 nitrogen and oxygen atoms in total. The van der Waals surface area contributed by atoms with E-state index in [4.69, 9.17) is 4.74 Å². The van der Waals surface area contributed by atoms with Gasteiger partial charge in [-0.15, -0.1) is 11.3 Å². The van der Waals surface area contributed by atoms with Crippen LogP contribution in [0.5, 0.6) is 0 Å². The first-order chi connectivity index (χ1) is 10.8. The Morgan fingerprint density at radius 3 is 3.09 bits per heavy atom. The first-order valence-electron chi connectivity index (χ1n) is 7.30. The monoisotopic (exact) mass is 316 g/mol. The van der Waals surface area contributed by atoms with E-state index in [1.54, 1.807) is 18.6 Å². The lowest BCUT2D eigenvalue weighted by Crippen LogP contribution is -2.51. The summed E-state index contributed by atoms with van der Waals surface area (Å²) in [6.07, 6.45) is 5.18. The van der Waals surface area contributed by atoms with Crippen molar-refractivity contribution in [1.29, 1.82) is 0 Å². The average molecular weight is 316 g/mol. The maximum Gasteiger partial charge on any atom is 0.264 e. The van der Waals surface area contributed by atoms with E-state index in [0.717, 1.165) is 17.2 Å². The number of nitrogens with zero attached hydrogens (tertiary/aromatic N) is 4. The molecular weight excluding hydrogens is 300 g/mol. The van der Waals surface area contributed by atoms with E-state index in [9.17, 15) is 4.79 Å². The molecule has 2 fully saturated rings. The summed E-state index contributed by atoms with van der Waals surface area (Å²) >= 11 is 1.48. The third-order valence-corrected chi connectivity index (χ3v) is 5.02. The Hall–Kier alpha value is -1.99. The number of carbonyl (C=O) groups excluding carboxylic acids is 1. The van der Waals surface area contributed by atoms with Gasteiger partial charge >= 0.3 is 0 Å². The number of hydrogen-bond acceptors (Lipinski definition) is 6. The van der Waals surface area contributed by atoms with Crippen LogP contribution in [0.15, 0.2) is 36.1 Å². The Labute approximate surface area is 132 Å². The minimum absolute atomic E-state index is 0.0414. The SMILES string of the molecule is O=C(c1cccs1)N1C[C@@H]2OCCN(c3cnccn3)[C@@H]2C1. The molecule has 22 heavy (non-hydrogen) atoms. The van der Waals surface area contributed by atoms with Gasteiger partial charge in [0.25, 0.3) is 5.91 Å². The predicted octanol–water partition coefficient (Wildman–Crippen LogP) is 1.27. The molecule has 1 amide bonds. The maximum absolute atomic E-state index is 12.5. The topological polar surface area (TPSA) is 58.6 Å². The first kappa shape index (κ1) is 13.7. The molecule has 2 aliphatic rings. The lowest BCUT2D eigenvalue weighted by Gasteiger charge is -2.37. The number of rotatable bonds is 2. The smallest absolute Gasteiger partial charge is 0.264 e. The van der Waals surface area contributed by atoms with Gasteiger partial charge in [-0.05, 0) is 11.4 Å². The predicted molar refractivity (Wildman–Crippen MR) is 83.1 cm³/mol. The summed E-state index contributed by atoms with van der Waals surface area (Å²) in [5, 5.41) is 1.93. The molecule has 2 aromatic rings. The van der Waals surface area contributed by atoms with E-state index in [2.05, 4.69) is 14.9 Å². The highest BCUT2D eigenvalue weighted by molar-refractivity contribution is 7.12. The van der Waals surface area contributed by atoms with Crippen molar-refractivity contribution in [2.75, 3.05) is 31.1 Å². The van der Waals surface area contributed by atoms with Crippen molar-refractivity contribution in [1.82, 2.24) is 14.9 Å². The van der Waals surface area contributed by atoms with Gasteiger partial charge in [0, 0.05) is 32.0 Å². The molecule has 0 saturated carbocycles. The van der Waals surface area contributed by atoms with Crippen molar-refractivity contribution >= 4 is 23.1 Å². The van der Waals surface area contributed by atoms with Crippen molar-refractivity contribution < 1.29 is 9.53 Å². The van der Waals surface area contributed by atoms with E-state index in [0.29, 0.717) is 19.7 Å². The van der Waals surface area contributed by atoms with Crippen LogP contribution in [0.25, 0.3) is 0 Å². The number of ether oxygens (including phenoxy) is 1. The molecule has 114 valence electrons. The molecule has 2 aliphatic heterocycles. The molecule has 2 atom stereocenters. The quantitative estimate of drug-likeness (QED) is 0.835.